The lowest BCUT2D eigenvalue weighted by molar-refractivity contribution is 0.0798. The second kappa shape index (κ2) is 7.26. The van der Waals surface area contributed by atoms with E-state index in [1.165, 1.54) is 32.4 Å². The van der Waals surface area contributed by atoms with Crippen LogP contribution in [0.1, 0.15) is 25.7 Å². The largest absolute Gasteiger partial charge is 0.385 e. The zero-order valence-electron chi connectivity index (χ0n) is 11.4. The number of nitrogens with one attached hydrogen (secondary N) is 1. The Balaban J connectivity index is 1.71. The maximum Gasteiger partial charge on any atom is 0.169 e. The molecule has 0 saturated carbocycles. The van der Waals surface area contributed by atoms with Crippen molar-refractivity contribution in [2.24, 2.45) is 0 Å². The van der Waals surface area contributed by atoms with Gasteiger partial charge in [-0.3, -0.25) is 4.90 Å². The first kappa shape index (κ1) is 14.0. The molecule has 2 rings (SSSR count). The summed E-state index contributed by atoms with van der Waals surface area (Å²) in [5.41, 5.74) is 0. The Hall–Kier alpha value is -0.390. The molecule has 4 nitrogen and oxygen atoms in total. The fourth-order valence-corrected chi connectivity index (χ4v) is 3.13. The van der Waals surface area contributed by atoms with Crippen LogP contribution in [0.2, 0.25) is 0 Å². The second-order valence-electron chi connectivity index (χ2n) is 5.21. The number of fused-ring (bicyclic) bond motifs is 1. The Morgan fingerprint density at radius 2 is 2.22 bits per heavy atom. The van der Waals surface area contributed by atoms with Crippen LogP contribution in [0, 0.1) is 0 Å². The van der Waals surface area contributed by atoms with Gasteiger partial charge in [0.2, 0.25) is 0 Å². The Kier molecular flexibility index (Phi) is 5.66. The van der Waals surface area contributed by atoms with Crippen molar-refractivity contribution in [1.82, 2.24) is 15.1 Å². The molecule has 0 bridgehead atoms. The number of methoxy groups -OCH3 is 1. The molecule has 2 fully saturated rings. The highest BCUT2D eigenvalue weighted by atomic mass is 32.1. The number of thiocarbonyl (C=S) groups is 1. The fraction of sp³-hybridized carbons (Fsp3) is 0.923. The highest BCUT2D eigenvalue weighted by Gasteiger charge is 2.29. The van der Waals surface area contributed by atoms with Crippen molar-refractivity contribution in [3.05, 3.63) is 0 Å². The molecular weight excluding hydrogens is 246 g/mol. The van der Waals surface area contributed by atoms with E-state index in [1.807, 2.05) is 0 Å². The SMILES string of the molecule is COCCCNC(=S)N1CCN2CCCCC2C1. The van der Waals surface area contributed by atoms with E-state index in [9.17, 15) is 0 Å². The van der Waals surface area contributed by atoms with Crippen molar-refractivity contribution in [3.63, 3.8) is 0 Å². The Morgan fingerprint density at radius 1 is 1.33 bits per heavy atom. The Morgan fingerprint density at radius 3 is 3.06 bits per heavy atom. The first-order valence-electron chi connectivity index (χ1n) is 7.07. The van der Waals surface area contributed by atoms with Crippen molar-refractivity contribution < 1.29 is 4.74 Å². The molecule has 2 saturated heterocycles. The second-order valence-corrected chi connectivity index (χ2v) is 5.60. The molecule has 0 aromatic heterocycles. The third-order valence-electron chi connectivity index (χ3n) is 3.93. The van der Waals surface area contributed by atoms with Crippen LogP contribution in [0.25, 0.3) is 0 Å². The molecule has 0 aromatic rings. The van der Waals surface area contributed by atoms with Crippen molar-refractivity contribution in [1.29, 1.82) is 0 Å². The average molecular weight is 271 g/mol. The number of hydrogen-bond acceptors (Lipinski definition) is 3. The summed E-state index contributed by atoms with van der Waals surface area (Å²) in [6.07, 6.45) is 5.10. The molecule has 1 N–H and O–H groups in total. The van der Waals surface area contributed by atoms with Crippen LogP contribution in [-0.4, -0.2) is 67.4 Å². The number of rotatable bonds is 4. The zero-order chi connectivity index (χ0) is 12.8. The van der Waals surface area contributed by atoms with Crippen molar-refractivity contribution in [2.75, 3.05) is 46.4 Å². The summed E-state index contributed by atoms with van der Waals surface area (Å²) < 4.78 is 5.04. The minimum atomic E-state index is 0.728. The summed E-state index contributed by atoms with van der Waals surface area (Å²) in [5, 5.41) is 4.27. The number of nitrogens with zero attached hydrogens (tertiary/aromatic N) is 2. The van der Waals surface area contributed by atoms with Crippen LogP contribution in [0.15, 0.2) is 0 Å². The highest BCUT2D eigenvalue weighted by Crippen LogP contribution is 2.20. The van der Waals surface area contributed by atoms with Crippen LogP contribution in [0.4, 0.5) is 0 Å². The van der Waals surface area contributed by atoms with Gasteiger partial charge >= 0.3 is 0 Å². The van der Waals surface area contributed by atoms with E-state index in [-0.39, 0.29) is 0 Å². The number of piperazine rings is 1. The Bertz CT molecular complexity index is 275. The van der Waals surface area contributed by atoms with Crippen molar-refractivity contribution >= 4 is 17.3 Å². The van der Waals surface area contributed by atoms with Gasteiger partial charge in [0, 0.05) is 45.9 Å². The van der Waals surface area contributed by atoms with E-state index in [1.54, 1.807) is 7.11 Å². The van der Waals surface area contributed by atoms with Gasteiger partial charge in [-0.15, -0.1) is 0 Å². The molecule has 2 aliphatic rings. The lowest BCUT2D eigenvalue weighted by atomic mass is 10.00. The predicted molar refractivity (Wildman–Crippen MR) is 77.9 cm³/mol. The minimum absolute atomic E-state index is 0.728. The number of hydrogen-bond donors (Lipinski definition) is 1. The summed E-state index contributed by atoms with van der Waals surface area (Å²) in [6.45, 7) is 6.35. The molecule has 1 unspecified atom stereocenters. The molecule has 0 spiro atoms. The summed E-state index contributed by atoms with van der Waals surface area (Å²) in [7, 11) is 1.74. The molecule has 5 heteroatoms. The van der Waals surface area contributed by atoms with Gasteiger partial charge < -0.3 is 15.0 Å². The maximum absolute atomic E-state index is 5.47. The molecule has 0 aliphatic carbocycles. The molecule has 0 amide bonds. The molecule has 104 valence electrons. The average Bonchev–Trinajstić information content (AvgIpc) is 2.43. The molecule has 0 aromatic carbocycles. The molecule has 1 atom stereocenters. The first-order valence-corrected chi connectivity index (χ1v) is 7.48. The molecule has 0 radical (unpaired) electrons. The van der Waals surface area contributed by atoms with Crippen LogP contribution in [-0.2, 0) is 4.74 Å². The van der Waals surface area contributed by atoms with Gasteiger partial charge in [-0.25, -0.2) is 0 Å². The third kappa shape index (κ3) is 3.80. The first-order chi connectivity index (χ1) is 8.81. The quantitative estimate of drug-likeness (QED) is 0.610. The summed E-state index contributed by atoms with van der Waals surface area (Å²) >= 11 is 5.47. The van der Waals surface area contributed by atoms with Gasteiger partial charge in [-0.2, -0.15) is 0 Å². The van der Waals surface area contributed by atoms with Gasteiger partial charge in [0.25, 0.3) is 0 Å². The number of ether oxygens (including phenoxy) is 1. The van der Waals surface area contributed by atoms with E-state index in [4.69, 9.17) is 17.0 Å². The van der Waals surface area contributed by atoms with E-state index in [2.05, 4.69) is 15.1 Å². The van der Waals surface area contributed by atoms with Crippen LogP contribution in [0.3, 0.4) is 0 Å². The lowest BCUT2D eigenvalue weighted by Crippen LogP contribution is -2.57. The van der Waals surface area contributed by atoms with Crippen molar-refractivity contribution in [3.8, 4) is 0 Å². The predicted octanol–water partition coefficient (Wildman–Crippen LogP) is 1.07. The van der Waals surface area contributed by atoms with Crippen LogP contribution < -0.4 is 5.32 Å². The zero-order valence-corrected chi connectivity index (χ0v) is 12.2. The van der Waals surface area contributed by atoms with Gasteiger partial charge in [0.15, 0.2) is 5.11 Å². The normalized spacial score (nSPS) is 24.7. The minimum Gasteiger partial charge on any atom is -0.385 e. The van der Waals surface area contributed by atoms with Gasteiger partial charge in [0.05, 0.1) is 0 Å². The van der Waals surface area contributed by atoms with Crippen LogP contribution in [0.5, 0.6) is 0 Å². The van der Waals surface area contributed by atoms with Gasteiger partial charge in [-0.1, -0.05) is 6.42 Å². The molecule has 2 aliphatic heterocycles. The smallest absolute Gasteiger partial charge is 0.169 e. The van der Waals surface area contributed by atoms with Crippen molar-refractivity contribution in [2.45, 2.75) is 31.7 Å². The highest BCUT2D eigenvalue weighted by molar-refractivity contribution is 7.80. The maximum atomic E-state index is 5.47. The monoisotopic (exact) mass is 271 g/mol. The number of piperidine rings is 1. The summed E-state index contributed by atoms with van der Waals surface area (Å²) in [4.78, 5) is 4.97. The standard InChI is InChI=1S/C13H25N3OS/c1-17-10-4-6-14-13(18)16-9-8-15-7-3-2-5-12(15)11-16/h12H,2-11H2,1H3,(H,14,18). The third-order valence-corrected chi connectivity index (χ3v) is 4.33. The van der Waals surface area contributed by atoms with Gasteiger partial charge in [0.1, 0.15) is 0 Å². The topological polar surface area (TPSA) is 27.7 Å². The molecular formula is C13H25N3OS. The van der Waals surface area contributed by atoms with E-state index in [0.717, 1.165) is 43.8 Å². The van der Waals surface area contributed by atoms with E-state index in [0.29, 0.717) is 0 Å². The van der Waals surface area contributed by atoms with Crippen LogP contribution >= 0.6 is 12.2 Å². The van der Waals surface area contributed by atoms with Gasteiger partial charge in [-0.05, 0) is 38.0 Å². The Labute approximate surface area is 116 Å². The lowest BCUT2D eigenvalue weighted by Gasteiger charge is -2.44. The fourth-order valence-electron chi connectivity index (χ4n) is 2.86. The summed E-state index contributed by atoms with van der Waals surface area (Å²) in [6, 6.07) is 0.728. The molecule has 2 heterocycles. The summed E-state index contributed by atoms with van der Waals surface area (Å²) in [5.74, 6) is 0. The van der Waals surface area contributed by atoms with E-state index < -0.39 is 0 Å². The molecule has 18 heavy (non-hydrogen) atoms. The van der Waals surface area contributed by atoms with E-state index >= 15 is 0 Å².